The third-order valence-electron chi connectivity index (χ3n) is 2.85. The molecule has 24 heavy (non-hydrogen) atoms. The average molecular weight is 365 g/mol. The van der Waals surface area contributed by atoms with Crippen LogP contribution in [0.15, 0.2) is 35.6 Å². The lowest BCUT2D eigenvalue weighted by atomic mass is 10.3. The number of rotatable bonds is 6. The molecular weight excluding hydrogens is 354 g/mol. The Bertz CT molecular complexity index is 813. The third kappa shape index (κ3) is 3.78. The van der Waals surface area contributed by atoms with Crippen LogP contribution < -0.4 is 4.74 Å². The first-order valence-corrected chi connectivity index (χ1v) is 8.17. The van der Waals surface area contributed by atoms with E-state index in [0.717, 1.165) is 6.20 Å². The summed E-state index contributed by atoms with van der Waals surface area (Å²) in [4.78, 5) is 10.9. The summed E-state index contributed by atoms with van der Waals surface area (Å²) in [5, 5.41) is 0. The Morgan fingerprint density at radius 2 is 1.92 bits per heavy atom. The molecule has 2 heterocycles. The highest BCUT2D eigenvalue weighted by Crippen LogP contribution is 2.28. The van der Waals surface area contributed by atoms with E-state index >= 15 is 0 Å². The summed E-state index contributed by atoms with van der Waals surface area (Å²) in [6.45, 7) is 1.45. The van der Waals surface area contributed by atoms with Gasteiger partial charge in [0.2, 0.25) is 5.88 Å². The van der Waals surface area contributed by atoms with Crippen molar-refractivity contribution in [2.75, 3.05) is 5.75 Å². The Labute approximate surface area is 134 Å². The molecule has 0 aliphatic rings. The van der Waals surface area contributed by atoms with Crippen LogP contribution in [0.5, 0.6) is 5.88 Å². The van der Waals surface area contributed by atoms with Crippen LogP contribution in [-0.4, -0.2) is 41.7 Å². The molecule has 2 aromatic rings. The molecule has 11 heteroatoms. The second kappa shape index (κ2) is 6.67. The van der Waals surface area contributed by atoms with Crippen LogP contribution in [0.25, 0.3) is 11.4 Å². The maximum atomic E-state index is 12.8. The molecule has 0 aliphatic heterocycles. The Morgan fingerprint density at radius 3 is 2.46 bits per heavy atom. The van der Waals surface area contributed by atoms with Gasteiger partial charge in [-0.05, 0) is 12.1 Å². The molecule has 6 nitrogen and oxygen atoms in total. The highest BCUT2D eigenvalue weighted by Gasteiger charge is 2.44. The van der Waals surface area contributed by atoms with Crippen molar-refractivity contribution in [3.05, 3.63) is 30.7 Å². The minimum atomic E-state index is -4.71. The number of halogens is 4. The Morgan fingerprint density at radius 1 is 1.21 bits per heavy atom. The smallest absolute Gasteiger partial charge is 0.409 e. The number of ether oxygens (including phenoxy) is 1. The molecule has 0 saturated carbocycles. The molecule has 0 N–H and O–H groups in total. The standard InChI is InChI=1S/C13H11F4N3O3S/c1-2-24(21,22)9-4-3-5-18-11(9)8-6-20-10(7-19-8)23-13(16,17)12(14)15/h3-7,12H,2H2,1H3. The maximum absolute atomic E-state index is 12.8. The zero-order valence-electron chi connectivity index (χ0n) is 12.2. The summed E-state index contributed by atoms with van der Waals surface area (Å²) in [7, 11) is -3.61. The maximum Gasteiger partial charge on any atom is 0.462 e. The third-order valence-corrected chi connectivity index (χ3v) is 4.61. The summed E-state index contributed by atoms with van der Waals surface area (Å²) < 4.78 is 77.5. The van der Waals surface area contributed by atoms with Crippen LogP contribution in [0.2, 0.25) is 0 Å². The van der Waals surface area contributed by atoms with Crippen LogP contribution >= 0.6 is 0 Å². The molecule has 0 aliphatic carbocycles. The monoisotopic (exact) mass is 365 g/mol. The first-order valence-electron chi connectivity index (χ1n) is 6.52. The number of alkyl halides is 4. The Hall–Kier alpha value is -2.30. The molecule has 0 atom stereocenters. The Balaban J connectivity index is 2.37. The molecule has 0 unspecified atom stereocenters. The molecule has 0 aromatic carbocycles. The van der Waals surface area contributed by atoms with E-state index in [0.29, 0.717) is 6.20 Å². The molecule has 0 bridgehead atoms. The van der Waals surface area contributed by atoms with E-state index in [1.165, 1.54) is 25.3 Å². The minimum absolute atomic E-state index is 0.0287. The van der Waals surface area contributed by atoms with Crippen molar-refractivity contribution in [3.63, 3.8) is 0 Å². The molecule has 0 amide bonds. The largest absolute Gasteiger partial charge is 0.462 e. The molecule has 0 saturated heterocycles. The van der Waals surface area contributed by atoms with Gasteiger partial charge in [0.25, 0.3) is 0 Å². The van der Waals surface area contributed by atoms with Crippen molar-refractivity contribution in [1.82, 2.24) is 15.0 Å². The first-order chi connectivity index (χ1) is 11.2. The van der Waals surface area contributed by atoms with E-state index < -0.39 is 28.3 Å². The summed E-state index contributed by atoms with van der Waals surface area (Å²) in [5.74, 6) is -1.01. The van der Waals surface area contributed by atoms with Crippen LogP contribution in [0.3, 0.4) is 0 Å². The Kier molecular flexibility index (Phi) is 5.02. The summed E-state index contributed by atoms with van der Waals surface area (Å²) in [5.41, 5.74) is -0.0608. The van der Waals surface area contributed by atoms with Crippen molar-refractivity contribution in [2.45, 2.75) is 24.4 Å². The number of pyridine rings is 1. The predicted octanol–water partition coefficient (Wildman–Crippen LogP) is 2.57. The molecule has 2 aromatic heterocycles. The van der Waals surface area contributed by atoms with Gasteiger partial charge in [-0.15, -0.1) is 0 Å². The zero-order chi connectivity index (χ0) is 18.0. The van der Waals surface area contributed by atoms with Gasteiger partial charge in [-0.2, -0.15) is 17.6 Å². The topological polar surface area (TPSA) is 82.0 Å². The van der Waals surface area contributed by atoms with Crippen molar-refractivity contribution >= 4 is 9.84 Å². The number of hydrogen-bond acceptors (Lipinski definition) is 6. The fraction of sp³-hybridized carbons (Fsp3) is 0.308. The zero-order valence-corrected chi connectivity index (χ0v) is 13.0. The lowest BCUT2D eigenvalue weighted by Crippen LogP contribution is -2.33. The van der Waals surface area contributed by atoms with Crippen molar-refractivity contribution in [1.29, 1.82) is 0 Å². The highest BCUT2D eigenvalue weighted by atomic mass is 32.2. The van der Waals surface area contributed by atoms with Crippen molar-refractivity contribution in [2.24, 2.45) is 0 Å². The number of hydrogen-bond donors (Lipinski definition) is 0. The molecule has 0 radical (unpaired) electrons. The van der Waals surface area contributed by atoms with Crippen molar-refractivity contribution < 1.29 is 30.7 Å². The molecule has 130 valence electrons. The molecule has 0 fully saturated rings. The highest BCUT2D eigenvalue weighted by molar-refractivity contribution is 7.91. The quantitative estimate of drug-likeness (QED) is 0.732. The second-order valence-corrected chi connectivity index (χ2v) is 6.70. The van der Waals surface area contributed by atoms with Crippen LogP contribution in [0, 0.1) is 0 Å². The van der Waals surface area contributed by atoms with Gasteiger partial charge >= 0.3 is 12.5 Å². The van der Waals surface area contributed by atoms with E-state index in [1.807, 2.05) is 0 Å². The van der Waals surface area contributed by atoms with Gasteiger partial charge < -0.3 is 4.74 Å². The average Bonchev–Trinajstić information content (AvgIpc) is 2.55. The van der Waals surface area contributed by atoms with Gasteiger partial charge in [-0.3, -0.25) is 4.98 Å². The fourth-order valence-corrected chi connectivity index (χ4v) is 2.71. The summed E-state index contributed by atoms with van der Waals surface area (Å²) >= 11 is 0. The van der Waals surface area contributed by atoms with Gasteiger partial charge in [0.1, 0.15) is 11.4 Å². The fourth-order valence-electron chi connectivity index (χ4n) is 1.66. The van der Waals surface area contributed by atoms with Crippen molar-refractivity contribution in [3.8, 4) is 17.3 Å². The second-order valence-electron chi connectivity index (χ2n) is 4.46. The molecule has 0 spiro atoms. The number of aromatic nitrogens is 3. The summed E-state index contributed by atoms with van der Waals surface area (Å²) in [6, 6.07) is 2.73. The SMILES string of the molecule is CCS(=O)(=O)c1cccnc1-c1cnc(OC(F)(F)C(F)F)cn1. The van der Waals surface area contributed by atoms with Gasteiger partial charge in [-0.25, -0.2) is 18.4 Å². The lowest BCUT2D eigenvalue weighted by Gasteiger charge is -2.15. The predicted molar refractivity (Wildman–Crippen MR) is 74.6 cm³/mol. The van der Waals surface area contributed by atoms with E-state index in [9.17, 15) is 26.0 Å². The van der Waals surface area contributed by atoms with E-state index in [-0.39, 0.29) is 22.0 Å². The molecular formula is C13H11F4N3O3S. The number of nitrogens with zero attached hydrogens (tertiary/aromatic N) is 3. The minimum Gasteiger partial charge on any atom is -0.409 e. The van der Waals surface area contributed by atoms with E-state index in [1.54, 1.807) is 0 Å². The normalized spacial score (nSPS) is 12.4. The van der Waals surface area contributed by atoms with E-state index in [2.05, 4.69) is 19.7 Å². The number of sulfone groups is 1. The lowest BCUT2D eigenvalue weighted by molar-refractivity contribution is -0.254. The molecule has 2 rings (SSSR count). The van der Waals surface area contributed by atoms with Crippen LogP contribution in [0.4, 0.5) is 17.6 Å². The van der Waals surface area contributed by atoms with E-state index in [4.69, 9.17) is 0 Å². The summed E-state index contributed by atoms with van der Waals surface area (Å²) in [6.07, 6.45) is -5.83. The van der Waals surface area contributed by atoms with Gasteiger partial charge in [0, 0.05) is 6.20 Å². The van der Waals surface area contributed by atoms with Crippen LogP contribution in [0.1, 0.15) is 6.92 Å². The first kappa shape index (κ1) is 18.0. The van der Waals surface area contributed by atoms with Gasteiger partial charge in [0.05, 0.1) is 23.0 Å². The van der Waals surface area contributed by atoms with Gasteiger partial charge in [-0.1, -0.05) is 6.92 Å². The van der Waals surface area contributed by atoms with Gasteiger partial charge in [0.15, 0.2) is 9.84 Å². The van der Waals surface area contributed by atoms with Crippen LogP contribution in [-0.2, 0) is 9.84 Å².